The summed E-state index contributed by atoms with van der Waals surface area (Å²) in [6, 6.07) is 5.79. The maximum atomic E-state index is 14.9. The molecule has 2 amide bonds. The topological polar surface area (TPSA) is 85.2 Å². The van der Waals surface area contributed by atoms with Crippen LogP contribution in [-0.2, 0) is 16.6 Å². The Balaban J connectivity index is 1.39. The highest BCUT2D eigenvalue weighted by atomic mass is 19.1. The third-order valence-electron chi connectivity index (χ3n) is 8.12. The zero-order chi connectivity index (χ0) is 23.9. The number of carbonyl (C=O) groups is 2. The summed E-state index contributed by atoms with van der Waals surface area (Å²) < 4.78 is 21.7. The van der Waals surface area contributed by atoms with Gasteiger partial charge in [-0.15, -0.1) is 0 Å². The summed E-state index contributed by atoms with van der Waals surface area (Å²) in [4.78, 5) is 26.7. The Morgan fingerprint density at radius 2 is 2.03 bits per heavy atom. The zero-order valence-corrected chi connectivity index (χ0v) is 19.9. The fraction of sp³-hybridized carbons (Fsp3) is 0.577. The normalized spacial score (nSPS) is 23.1. The molecule has 3 aliphatic rings. The lowest BCUT2D eigenvalue weighted by molar-refractivity contribution is -0.121. The predicted molar refractivity (Wildman–Crippen MR) is 126 cm³/mol. The molecule has 2 N–H and O–H groups in total. The van der Waals surface area contributed by atoms with Gasteiger partial charge in [0.25, 0.3) is 5.91 Å². The molecule has 5 rings (SSSR count). The van der Waals surface area contributed by atoms with Gasteiger partial charge < -0.3 is 15.4 Å². The van der Waals surface area contributed by atoms with Crippen LogP contribution in [0.2, 0.25) is 0 Å². The van der Waals surface area contributed by atoms with Gasteiger partial charge in [0.05, 0.1) is 6.61 Å². The molecular formula is C26H33FN4O3. The number of nitrogens with zero attached hydrogens (tertiary/aromatic N) is 2. The Kier molecular flexibility index (Phi) is 6.18. The predicted octanol–water partition coefficient (Wildman–Crippen LogP) is 4.02. The molecular weight excluding hydrogens is 435 g/mol. The number of hydrogen-bond acceptors (Lipinski definition) is 4. The first-order chi connectivity index (χ1) is 16.4. The van der Waals surface area contributed by atoms with Crippen LogP contribution in [0.1, 0.15) is 67.4 Å². The molecule has 0 bridgehead atoms. The summed E-state index contributed by atoms with van der Waals surface area (Å²) in [7, 11) is 1.70. The molecule has 2 saturated carbocycles. The van der Waals surface area contributed by atoms with Crippen LogP contribution in [0.4, 0.5) is 10.1 Å². The number of anilines is 1. The molecule has 3 atom stereocenters. The lowest BCUT2D eigenvalue weighted by Crippen LogP contribution is -2.54. The quantitative estimate of drug-likeness (QED) is 0.613. The second-order valence-corrected chi connectivity index (χ2v) is 10.4. The summed E-state index contributed by atoms with van der Waals surface area (Å²) in [5, 5.41) is 10.0. The van der Waals surface area contributed by atoms with E-state index in [1.165, 1.54) is 10.7 Å². The van der Waals surface area contributed by atoms with Crippen molar-refractivity contribution in [2.75, 3.05) is 18.5 Å². The Morgan fingerprint density at radius 3 is 2.59 bits per heavy atom. The number of carbonyl (C=O) groups excluding carboxylic acids is 2. The maximum absolute atomic E-state index is 14.9. The van der Waals surface area contributed by atoms with Crippen molar-refractivity contribution in [2.45, 2.75) is 57.4 Å². The average Bonchev–Trinajstić information content (AvgIpc) is 3.15. The molecule has 0 radical (unpaired) electrons. The van der Waals surface area contributed by atoms with Gasteiger partial charge in [-0.3, -0.25) is 14.3 Å². The fourth-order valence-corrected chi connectivity index (χ4v) is 5.64. The third-order valence-corrected chi connectivity index (χ3v) is 8.12. The van der Waals surface area contributed by atoms with Gasteiger partial charge in [-0.05, 0) is 60.3 Å². The molecule has 1 aromatic carbocycles. The van der Waals surface area contributed by atoms with Gasteiger partial charge in [0.1, 0.15) is 17.6 Å². The average molecular weight is 469 g/mol. The molecule has 1 aliphatic heterocycles. The number of hydrogen-bond donors (Lipinski definition) is 2. The molecule has 2 aromatic rings. The summed E-state index contributed by atoms with van der Waals surface area (Å²) in [6.45, 7) is 3.37. The molecule has 34 heavy (non-hydrogen) atoms. The molecule has 0 spiro atoms. The van der Waals surface area contributed by atoms with E-state index < -0.39 is 6.04 Å². The van der Waals surface area contributed by atoms with E-state index in [4.69, 9.17) is 4.74 Å². The van der Waals surface area contributed by atoms with Gasteiger partial charge in [-0.2, -0.15) is 5.10 Å². The number of nitrogens with one attached hydrogen (secondary N) is 2. The minimum absolute atomic E-state index is 0.0322. The summed E-state index contributed by atoms with van der Waals surface area (Å²) in [5.74, 6) is -0.468. The SMILES string of the molecule is Cn1nccc1C(=O)N[C@H](C(=O)Nc1ccc(C2CCOC2)c(F)c1)C(C1CCC1)C1(C)CC1. The van der Waals surface area contributed by atoms with Crippen LogP contribution in [0.3, 0.4) is 0 Å². The number of benzene rings is 1. The monoisotopic (exact) mass is 468 g/mol. The number of rotatable bonds is 8. The highest BCUT2D eigenvalue weighted by Gasteiger charge is 2.54. The second kappa shape index (κ2) is 9.13. The first-order valence-corrected chi connectivity index (χ1v) is 12.3. The highest BCUT2D eigenvalue weighted by Crippen LogP contribution is 2.58. The Hall–Kier alpha value is -2.74. The summed E-state index contributed by atoms with van der Waals surface area (Å²) in [6.07, 6.45) is 7.75. The Labute approximate surface area is 199 Å². The largest absolute Gasteiger partial charge is 0.381 e. The van der Waals surface area contributed by atoms with Crippen LogP contribution < -0.4 is 10.6 Å². The van der Waals surface area contributed by atoms with Crippen molar-refractivity contribution in [3.05, 3.63) is 47.5 Å². The number of ether oxygens (including phenoxy) is 1. The molecule has 3 fully saturated rings. The van der Waals surface area contributed by atoms with Crippen LogP contribution in [0, 0.1) is 23.1 Å². The molecule has 2 aliphatic carbocycles. The third kappa shape index (κ3) is 4.48. The van der Waals surface area contributed by atoms with Gasteiger partial charge in [-0.1, -0.05) is 32.3 Å². The standard InChI is InChI=1S/C26H33FN4O3/c1-26(10-11-26)22(16-4-3-5-16)23(30-24(32)21-8-12-28-31(21)2)25(33)29-18-6-7-19(20(27)14-18)17-9-13-34-15-17/h6-8,12,14,16-17,22-23H,3-5,9-11,13,15H2,1-2H3,(H,29,33)(H,30,32)/t17?,22?,23-/m0/s1. The van der Waals surface area contributed by atoms with Gasteiger partial charge in [0.15, 0.2) is 0 Å². The maximum Gasteiger partial charge on any atom is 0.270 e. The number of halogens is 1. The smallest absolute Gasteiger partial charge is 0.270 e. The van der Waals surface area contributed by atoms with Gasteiger partial charge >= 0.3 is 0 Å². The van der Waals surface area contributed by atoms with E-state index in [0.717, 1.165) is 38.5 Å². The minimum atomic E-state index is -0.703. The van der Waals surface area contributed by atoms with Crippen molar-refractivity contribution >= 4 is 17.5 Å². The number of aryl methyl sites for hydroxylation is 1. The Morgan fingerprint density at radius 1 is 1.24 bits per heavy atom. The molecule has 182 valence electrons. The molecule has 2 unspecified atom stereocenters. The lowest BCUT2D eigenvalue weighted by Gasteiger charge is -2.42. The van der Waals surface area contributed by atoms with Crippen molar-refractivity contribution in [3.8, 4) is 0 Å². The van der Waals surface area contributed by atoms with Gasteiger partial charge in [0.2, 0.25) is 5.91 Å². The van der Waals surface area contributed by atoms with E-state index in [-0.39, 0.29) is 34.9 Å². The van der Waals surface area contributed by atoms with Crippen molar-refractivity contribution < 1.29 is 18.7 Å². The van der Waals surface area contributed by atoms with E-state index in [1.807, 2.05) is 0 Å². The van der Waals surface area contributed by atoms with Crippen molar-refractivity contribution in [3.63, 3.8) is 0 Å². The first kappa shape index (κ1) is 23.0. The van der Waals surface area contributed by atoms with Gasteiger partial charge in [-0.25, -0.2) is 4.39 Å². The van der Waals surface area contributed by atoms with Crippen LogP contribution >= 0.6 is 0 Å². The van der Waals surface area contributed by atoms with Crippen molar-refractivity contribution in [1.82, 2.24) is 15.1 Å². The molecule has 1 saturated heterocycles. The zero-order valence-electron chi connectivity index (χ0n) is 19.9. The van der Waals surface area contributed by atoms with Crippen LogP contribution in [0.5, 0.6) is 0 Å². The molecule has 8 heteroatoms. The fourth-order valence-electron chi connectivity index (χ4n) is 5.64. The molecule has 1 aromatic heterocycles. The Bertz CT molecular complexity index is 1070. The summed E-state index contributed by atoms with van der Waals surface area (Å²) >= 11 is 0. The van der Waals surface area contributed by atoms with Crippen LogP contribution in [0.15, 0.2) is 30.5 Å². The van der Waals surface area contributed by atoms with E-state index in [2.05, 4.69) is 22.7 Å². The molecule has 7 nitrogen and oxygen atoms in total. The van der Waals surface area contributed by atoms with E-state index >= 15 is 0 Å². The lowest BCUT2D eigenvalue weighted by atomic mass is 9.66. The number of amides is 2. The van der Waals surface area contributed by atoms with E-state index in [9.17, 15) is 14.0 Å². The second-order valence-electron chi connectivity index (χ2n) is 10.4. The van der Waals surface area contributed by atoms with Crippen LogP contribution in [-0.4, -0.2) is 40.9 Å². The first-order valence-electron chi connectivity index (χ1n) is 12.3. The van der Waals surface area contributed by atoms with E-state index in [1.54, 1.807) is 31.4 Å². The van der Waals surface area contributed by atoms with Crippen LogP contribution in [0.25, 0.3) is 0 Å². The highest BCUT2D eigenvalue weighted by molar-refractivity contribution is 6.00. The number of aromatic nitrogens is 2. The molecule has 2 heterocycles. The summed E-state index contributed by atoms with van der Waals surface area (Å²) in [5.41, 5.74) is 1.46. The van der Waals surface area contributed by atoms with Crippen molar-refractivity contribution in [1.29, 1.82) is 0 Å². The van der Waals surface area contributed by atoms with Crippen molar-refractivity contribution in [2.24, 2.45) is 24.3 Å². The minimum Gasteiger partial charge on any atom is -0.381 e. The van der Waals surface area contributed by atoms with E-state index in [0.29, 0.717) is 36.1 Å². The van der Waals surface area contributed by atoms with Gasteiger partial charge in [0, 0.05) is 31.5 Å².